The first-order valence-corrected chi connectivity index (χ1v) is 12.3. The van der Waals surface area contributed by atoms with Gasteiger partial charge in [0.05, 0.1) is 42.2 Å². The zero-order valence-corrected chi connectivity index (χ0v) is 20.7. The number of aromatic hydroxyl groups is 1. The number of halogens is 1. The molecule has 0 radical (unpaired) electrons. The number of aromatic nitrogens is 4. The predicted molar refractivity (Wildman–Crippen MR) is 134 cm³/mol. The third-order valence-electron chi connectivity index (χ3n) is 6.60. The van der Waals surface area contributed by atoms with Crippen molar-refractivity contribution in [1.29, 1.82) is 0 Å². The lowest BCUT2D eigenvalue weighted by molar-refractivity contribution is -0.138. The maximum atomic E-state index is 15.7. The van der Waals surface area contributed by atoms with Crippen molar-refractivity contribution in [2.24, 2.45) is 0 Å². The molecule has 4 aromatic rings. The molecule has 5 rings (SSSR count). The molecule has 0 saturated carbocycles. The fourth-order valence-corrected chi connectivity index (χ4v) is 4.86. The fourth-order valence-electron chi connectivity index (χ4n) is 4.86. The van der Waals surface area contributed by atoms with Crippen molar-refractivity contribution in [3.63, 3.8) is 0 Å². The second kappa shape index (κ2) is 9.73. The lowest BCUT2D eigenvalue weighted by Gasteiger charge is -2.33. The maximum absolute atomic E-state index is 15.7. The highest BCUT2D eigenvalue weighted by Gasteiger charge is 2.28. The Labute approximate surface area is 208 Å². The minimum atomic E-state index is -0.425. The molecule has 9 heteroatoms. The van der Waals surface area contributed by atoms with Gasteiger partial charge in [-0.15, -0.1) is 0 Å². The van der Waals surface area contributed by atoms with Gasteiger partial charge in [0.2, 0.25) is 5.91 Å². The van der Waals surface area contributed by atoms with Crippen LogP contribution in [0.4, 0.5) is 4.39 Å². The third kappa shape index (κ3) is 4.58. The number of aryl methyl sites for hydroxylation is 2. The van der Waals surface area contributed by atoms with Gasteiger partial charge < -0.3 is 19.1 Å². The highest BCUT2D eigenvalue weighted by molar-refractivity contribution is 5.76. The van der Waals surface area contributed by atoms with Crippen LogP contribution in [0.25, 0.3) is 22.6 Å². The molecule has 0 aliphatic carbocycles. The number of pyridine rings is 1. The topological polar surface area (TPSA) is 84.9 Å². The summed E-state index contributed by atoms with van der Waals surface area (Å²) in [5.41, 5.74) is 4.82. The van der Waals surface area contributed by atoms with E-state index in [2.05, 4.69) is 5.10 Å². The molecule has 1 aliphatic heterocycles. The zero-order valence-electron chi connectivity index (χ0n) is 20.7. The average molecular weight is 492 g/mol. The van der Waals surface area contributed by atoms with Gasteiger partial charge in [-0.05, 0) is 49.6 Å². The Morgan fingerprint density at radius 2 is 2.11 bits per heavy atom. The van der Waals surface area contributed by atoms with Crippen molar-refractivity contribution in [2.45, 2.75) is 46.1 Å². The number of rotatable bonds is 6. The number of hydrogen-bond acceptors (Lipinski definition) is 5. The van der Waals surface area contributed by atoms with Crippen molar-refractivity contribution in [1.82, 2.24) is 24.1 Å². The molecular weight excluding hydrogens is 461 g/mol. The number of carbonyl (C=O) groups is 1. The number of carbonyl (C=O) groups excluding carboxylic acids is 1. The molecule has 4 heterocycles. The number of fused-ring (bicyclic) bond motifs is 1. The van der Waals surface area contributed by atoms with Gasteiger partial charge in [0, 0.05) is 43.8 Å². The molecule has 1 aliphatic rings. The summed E-state index contributed by atoms with van der Waals surface area (Å²) in [7, 11) is 0. The Hall–Kier alpha value is -3.72. The van der Waals surface area contributed by atoms with E-state index in [-0.39, 0.29) is 17.8 Å². The van der Waals surface area contributed by atoms with E-state index in [1.807, 2.05) is 54.5 Å². The highest BCUT2D eigenvalue weighted by atomic mass is 19.1. The monoisotopic (exact) mass is 491 g/mol. The molecule has 1 fully saturated rings. The second-order valence-corrected chi connectivity index (χ2v) is 9.39. The fraction of sp³-hybridized carbons (Fsp3) is 0.370. The first-order valence-electron chi connectivity index (χ1n) is 12.3. The quantitative estimate of drug-likeness (QED) is 0.437. The average Bonchev–Trinajstić information content (AvgIpc) is 3.42. The Morgan fingerprint density at radius 1 is 1.28 bits per heavy atom. The molecule has 188 valence electrons. The largest absolute Gasteiger partial charge is 0.505 e. The third-order valence-corrected chi connectivity index (χ3v) is 6.60. The Kier molecular flexibility index (Phi) is 6.49. The number of hydrogen-bond donors (Lipinski definition) is 1. The van der Waals surface area contributed by atoms with Gasteiger partial charge in [0.25, 0.3) is 0 Å². The smallest absolute Gasteiger partial charge is 0.222 e. The van der Waals surface area contributed by atoms with Crippen molar-refractivity contribution < 1.29 is 19.0 Å². The second-order valence-electron chi connectivity index (χ2n) is 9.39. The molecule has 1 N–H and O–H groups in total. The molecule has 3 aromatic heterocycles. The molecule has 0 spiro atoms. The van der Waals surface area contributed by atoms with E-state index in [1.165, 1.54) is 23.1 Å². The normalized spacial score (nSPS) is 16.1. The van der Waals surface area contributed by atoms with E-state index >= 15 is 4.39 Å². The van der Waals surface area contributed by atoms with Gasteiger partial charge in [-0.3, -0.25) is 4.79 Å². The van der Waals surface area contributed by atoms with Gasteiger partial charge in [-0.2, -0.15) is 5.10 Å². The zero-order chi connectivity index (χ0) is 25.4. The summed E-state index contributed by atoms with van der Waals surface area (Å²) in [5.74, 6) is -0.276. The molecule has 0 bridgehead atoms. The van der Waals surface area contributed by atoms with Crippen LogP contribution < -0.4 is 0 Å². The molecule has 8 nitrogen and oxygen atoms in total. The number of ether oxygens (including phenoxy) is 1. The molecule has 36 heavy (non-hydrogen) atoms. The summed E-state index contributed by atoms with van der Waals surface area (Å²) in [6.45, 7) is 7.40. The van der Waals surface area contributed by atoms with E-state index in [4.69, 9.17) is 9.72 Å². The molecule has 1 saturated heterocycles. The summed E-state index contributed by atoms with van der Waals surface area (Å²) >= 11 is 0. The first kappa shape index (κ1) is 24.0. The van der Waals surface area contributed by atoms with Gasteiger partial charge in [0.1, 0.15) is 11.5 Å². The van der Waals surface area contributed by atoms with Gasteiger partial charge in [-0.1, -0.05) is 6.92 Å². The van der Waals surface area contributed by atoms with Crippen molar-refractivity contribution in [2.75, 3.05) is 19.7 Å². The van der Waals surface area contributed by atoms with Gasteiger partial charge in [0.15, 0.2) is 5.75 Å². The van der Waals surface area contributed by atoms with E-state index in [9.17, 15) is 9.90 Å². The summed E-state index contributed by atoms with van der Waals surface area (Å²) in [4.78, 5) is 19.2. The number of nitrogens with zero attached hydrogens (tertiary/aromatic N) is 5. The SMILES string of the molecule is CCCC(=O)N1CCO[C@@H](Cc2c(-c3c(C)cc(-n4cc(O)cn4)cc3F)nc3cc(C)ccn23)C1. The van der Waals surface area contributed by atoms with E-state index in [1.54, 1.807) is 0 Å². The van der Waals surface area contributed by atoms with Gasteiger partial charge >= 0.3 is 0 Å². The Balaban J connectivity index is 1.55. The maximum Gasteiger partial charge on any atom is 0.222 e. The standard InChI is InChI=1S/C27H30FN5O3/c1-4-5-25(35)31-8-9-36-21(16-31)13-23-27(30-24-10-17(2)6-7-32(23)24)26-18(3)11-19(12-22(26)28)33-15-20(34)14-29-33/h6-7,10-12,14-15,21,34H,4-5,8-9,13,16H2,1-3H3/t21-/m0/s1. The summed E-state index contributed by atoms with van der Waals surface area (Å²) < 4.78 is 25.1. The summed E-state index contributed by atoms with van der Waals surface area (Å²) in [6.07, 6.45) is 6.30. The van der Waals surface area contributed by atoms with Crippen molar-refractivity contribution in [3.8, 4) is 22.7 Å². The Morgan fingerprint density at radius 3 is 2.83 bits per heavy atom. The van der Waals surface area contributed by atoms with Crippen LogP contribution in [0.15, 0.2) is 42.9 Å². The van der Waals surface area contributed by atoms with Gasteiger partial charge in [-0.25, -0.2) is 14.1 Å². The predicted octanol–water partition coefficient (Wildman–Crippen LogP) is 4.22. The van der Waals surface area contributed by atoms with E-state index in [0.717, 1.165) is 23.3 Å². The first-order chi connectivity index (χ1) is 17.3. The lowest BCUT2D eigenvalue weighted by atomic mass is 10.00. The minimum Gasteiger partial charge on any atom is -0.505 e. The molecule has 1 amide bonds. The number of amides is 1. The van der Waals surface area contributed by atoms with Crippen LogP contribution >= 0.6 is 0 Å². The van der Waals surface area contributed by atoms with Crippen LogP contribution in [0.5, 0.6) is 5.75 Å². The molecule has 0 unspecified atom stereocenters. The molecule has 1 atom stereocenters. The van der Waals surface area contributed by atoms with Crippen LogP contribution in [0, 0.1) is 19.7 Å². The number of imidazole rings is 1. The summed E-state index contributed by atoms with van der Waals surface area (Å²) in [6, 6.07) is 7.19. The van der Waals surface area contributed by atoms with Crippen LogP contribution in [-0.4, -0.2) is 60.9 Å². The minimum absolute atomic E-state index is 0.00842. The highest BCUT2D eigenvalue weighted by Crippen LogP contribution is 2.33. The molecular formula is C27H30FN5O3. The Bertz CT molecular complexity index is 1400. The van der Waals surface area contributed by atoms with Crippen molar-refractivity contribution >= 4 is 11.6 Å². The summed E-state index contributed by atoms with van der Waals surface area (Å²) in [5, 5.41) is 13.7. The molecule has 1 aromatic carbocycles. The lowest BCUT2D eigenvalue weighted by Crippen LogP contribution is -2.46. The van der Waals surface area contributed by atoms with Crippen LogP contribution in [0.1, 0.15) is 36.6 Å². The number of benzene rings is 1. The van der Waals surface area contributed by atoms with E-state index < -0.39 is 5.82 Å². The van der Waals surface area contributed by atoms with Crippen LogP contribution in [0.2, 0.25) is 0 Å². The number of morpholine rings is 1. The van der Waals surface area contributed by atoms with Crippen molar-refractivity contribution in [3.05, 3.63) is 65.5 Å². The van der Waals surface area contributed by atoms with E-state index in [0.29, 0.717) is 55.0 Å². The van der Waals surface area contributed by atoms with Crippen LogP contribution in [-0.2, 0) is 16.0 Å². The van der Waals surface area contributed by atoms with Crippen LogP contribution in [0.3, 0.4) is 0 Å².